The Kier molecular flexibility index (Phi) is 13.8. The minimum atomic E-state index is -1.14. The molecule has 0 radical (unpaired) electrons. The van der Waals surface area contributed by atoms with E-state index in [1.807, 2.05) is 72.8 Å². The largest absolute Gasteiger partial charge is 0.494 e. The van der Waals surface area contributed by atoms with Crippen molar-refractivity contribution in [2.75, 3.05) is 6.61 Å². The summed E-state index contributed by atoms with van der Waals surface area (Å²) in [6, 6.07) is 22.0. The topological polar surface area (TPSA) is 118 Å². The number of amides is 1. The third-order valence-electron chi connectivity index (χ3n) is 9.45. The first-order valence-corrected chi connectivity index (χ1v) is 17.8. The third-order valence-corrected chi connectivity index (χ3v) is 9.45. The van der Waals surface area contributed by atoms with Gasteiger partial charge in [0.05, 0.1) is 6.61 Å². The maximum atomic E-state index is 13.3. The molecule has 0 saturated carbocycles. The molecule has 0 bridgehead atoms. The van der Waals surface area contributed by atoms with E-state index >= 15 is 0 Å². The van der Waals surface area contributed by atoms with Crippen molar-refractivity contribution in [2.45, 2.75) is 97.4 Å². The van der Waals surface area contributed by atoms with Crippen molar-refractivity contribution >= 4 is 17.7 Å². The fraction of sp³-hybridized carbons (Fsp3) is 0.405. The summed E-state index contributed by atoms with van der Waals surface area (Å²) >= 11 is 0. The van der Waals surface area contributed by atoms with E-state index in [0.717, 1.165) is 53.0 Å². The van der Waals surface area contributed by atoms with Crippen LogP contribution in [0.4, 0.5) is 0 Å². The fourth-order valence-electron chi connectivity index (χ4n) is 5.64. The lowest BCUT2D eigenvalue weighted by molar-refractivity contribution is -0.141. The lowest BCUT2D eigenvalue weighted by Crippen LogP contribution is -2.42. The number of Topliss-reactive ketones (excluding diaryl/α,β-unsaturated/α-hetero) is 1. The first-order valence-electron chi connectivity index (χ1n) is 17.8. The van der Waals surface area contributed by atoms with Gasteiger partial charge in [0, 0.05) is 41.4 Å². The maximum absolute atomic E-state index is 13.3. The van der Waals surface area contributed by atoms with Crippen LogP contribution in [0.25, 0.3) is 22.5 Å². The molecule has 0 fully saturated rings. The molecule has 0 saturated heterocycles. The van der Waals surface area contributed by atoms with E-state index in [9.17, 15) is 19.5 Å². The number of rotatable bonds is 19. The van der Waals surface area contributed by atoms with Crippen molar-refractivity contribution in [1.82, 2.24) is 15.3 Å². The van der Waals surface area contributed by atoms with Crippen LogP contribution >= 0.6 is 0 Å². The van der Waals surface area contributed by atoms with Gasteiger partial charge >= 0.3 is 5.97 Å². The molecule has 4 aromatic rings. The molecule has 264 valence electrons. The van der Waals surface area contributed by atoms with Crippen LogP contribution in [0, 0.1) is 5.92 Å². The Hall–Kier alpha value is -4.85. The maximum Gasteiger partial charge on any atom is 0.325 e. The molecule has 8 heteroatoms. The molecule has 50 heavy (non-hydrogen) atoms. The van der Waals surface area contributed by atoms with Crippen LogP contribution in [0.3, 0.4) is 0 Å². The summed E-state index contributed by atoms with van der Waals surface area (Å²) in [5.74, 6) is -1.10. The van der Waals surface area contributed by atoms with Gasteiger partial charge in [-0.3, -0.25) is 14.4 Å². The van der Waals surface area contributed by atoms with E-state index in [2.05, 4.69) is 43.0 Å². The van der Waals surface area contributed by atoms with Crippen LogP contribution in [0.15, 0.2) is 85.2 Å². The number of benzene rings is 3. The molecule has 4 rings (SSSR count). The number of carboxylic acids is 1. The summed E-state index contributed by atoms with van der Waals surface area (Å²) in [6.45, 7) is 10.8. The number of carboxylic acid groups (broad SMARTS) is 1. The molecular weight excluding hydrogens is 626 g/mol. The number of nitrogens with zero attached hydrogens (tertiary/aromatic N) is 2. The van der Waals surface area contributed by atoms with Crippen LogP contribution in [0.5, 0.6) is 5.75 Å². The lowest BCUT2D eigenvalue weighted by atomic mass is 9.81. The number of ketones is 1. The summed E-state index contributed by atoms with van der Waals surface area (Å²) in [6.07, 6.45) is 10.8. The second kappa shape index (κ2) is 18.2. The number of carbonyl (C=O) groups is 3. The standard InChI is InChI=1S/C42H51N3O5/c1-6-8-9-10-11-24-50-37-22-18-31(19-23-37)35-27-43-39(44-28-35)33-14-12-30(13-15-33)25-34(40(47)45-29(3)41(48)49)26-38(46)32-16-20-36(21-17-32)42(4,5)7-2/h12-23,27-29,34H,6-11,24-26H2,1-5H3,(H,45,47)(H,48,49)/t29-,34-/m1/s1. The number of carbonyl (C=O) groups excluding carboxylic acids is 2. The smallest absolute Gasteiger partial charge is 0.325 e. The normalized spacial score (nSPS) is 12.6. The van der Waals surface area contributed by atoms with E-state index in [0.29, 0.717) is 11.4 Å². The highest BCUT2D eigenvalue weighted by Gasteiger charge is 2.26. The van der Waals surface area contributed by atoms with Crippen LogP contribution in [-0.4, -0.2) is 45.4 Å². The highest BCUT2D eigenvalue weighted by molar-refractivity contribution is 5.99. The van der Waals surface area contributed by atoms with Gasteiger partial charge in [-0.1, -0.05) is 114 Å². The fourth-order valence-corrected chi connectivity index (χ4v) is 5.64. The summed E-state index contributed by atoms with van der Waals surface area (Å²) in [4.78, 5) is 47.2. The Balaban J connectivity index is 1.40. The number of unbranched alkanes of at least 4 members (excludes halogenated alkanes) is 4. The van der Waals surface area contributed by atoms with E-state index < -0.39 is 23.8 Å². The molecule has 0 aliphatic heterocycles. The van der Waals surface area contributed by atoms with Gasteiger partial charge in [0.25, 0.3) is 0 Å². The number of ether oxygens (including phenoxy) is 1. The molecule has 0 spiro atoms. The Bertz CT molecular complexity index is 1680. The van der Waals surface area contributed by atoms with Crippen LogP contribution < -0.4 is 10.1 Å². The molecule has 0 aliphatic carbocycles. The number of aromatic nitrogens is 2. The Morgan fingerprint density at radius 1 is 0.800 bits per heavy atom. The molecule has 1 aromatic heterocycles. The van der Waals surface area contributed by atoms with Gasteiger partial charge in [0.2, 0.25) is 5.91 Å². The first kappa shape index (κ1) is 38.0. The van der Waals surface area contributed by atoms with Crippen molar-refractivity contribution in [3.63, 3.8) is 0 Å². The SMILES string of the molecule is CCCCCCCOc1ccc(-c2cnc(-c3ccc(C[C@H](CC(=O)c4ccc(C(C)(C)CC)cc4)C(=O)N[C@H](C)C(=O)O)cc3)nc2)cc1. The predicted molar refractivity (Wildman–Crippen MR) is 198 cm³/mol. The van der Waals surface area contributed by atoms with Crippen molar-refractivity contribution in [3.8, 4) is 28.3 Å². The van der Waals surface area contributed by atoms with Crippen LogP contribution in [0.2, 0.25) is 0 Å². The molecule has 0 aliphatic rings. The van der Waals surface area contributed by atoms with E-state index in [-0.39, 0.29) is 24.0 Å². The van der Waals surface area contributed by atoms with Gasteiger partial charge in [-0.15, -0.1) is 0 Å². The molecule has 0 unspecified atom stereocenters. The second-order valence-corrected chi connectivity index (χ2v) is 13.7. The van der Waals surface area contributed by atoms with Gasteiger partial charge in [0.1, 0.15) is 11.8 Å². The van der Waals surface area contributed by atoms with Crippen molar-refractivity contribution < 1.29 is 24.2 Å². The summed E-state index contributed by atoms with van der Waals surface area (Å²) in [5.41, 5.74) is 5.21. The average Bonchev–Trinajstić information content (AvgIpc) is 3.13. The van der Waals surface area contributed by atoms with Gasteiger partial charge in [0.15, 0.2) is 11.6 Å². The second-order valence-electron chi connectivity index (χ2n) is 13.7. The van der Waals surface area contributed by atoms with E-state index in [1.54, 1.807) is 12.4 Å². The van der Waals surface area contributed by atoms with Gasteiger partial charge < -0.3 is 15.2 Å². The molecular formula is C42H51N3O5. The zero-order chi connectivity index (χ0) is 36.1. The molecule has 3 aromatic carbocycles. The van der Waals surface area contributed by atoms with Crippen LogP contribution in [0.1, 0.15) is 101 Å². The zero-order valence-corrected chi connectivity index (χ0v) is 30.1. The third kappa shape index (κ3) is 10.8. The Morgan fingerprint density at radius 2 is 1.42 bits per heavy atom. The minimum Gasteiger partial charge on any atom is -0.494 e. The highest BCUT2D eigenvalue weighted by atomic mass is 16.5. The quantitative estimate of drug-likeness (QED) is 0.0752. The number of nitrogens with one attached hydrogen (secondary N) is 1. The average molecular weight is 678 g/mol. The van der Waals surface area contributed by atoms with Crippen LogP contribution in [-0.2, 0) is 21.4 Å². The lowest BCUT2D eigenvalue weighted by Gasteiger charge is -2.23. The number of aliphatic carboxylic acids is 1. The summed E-state index contributed by atoms with van der Waals surface area (Å²) in [5, 5.41) is 11.9. The molecule has 8 nitrogen and oxygen atoms in total. The Morgan fingerprint density at radius 3 is 2.02 bits per heavy atom. The monoisotopic (exact) mass is 677 g/mol. The first-order chi connectivity index (χ1) is 24.0. The number of hydrogen-bond donors (Lipinski definition) is 2. The van der Waals surface area contributed by atoms with E-state index in [4.69, 9.17) is 4.74 Å². The minimum absolute atomic E-state index is 0.00900. The molecule has 1 heterocycles. The summed E-state index contributed by atoms with van der Waals surface area (Å²) < 4.78 is 5.89. The predicted octanol–water partition coefficient (Wildman–Crippen LogP) is 8.87. The molecule has 1 amide bonds. The van der Waals surface area contributed by atoms with Crippen molar-refractivity contribution in [1.29, 1.82) is 0 Å². The molecule has 2 atom stereocenters. The highest BCUT2D eigenvalue weighted by Crippen LogP contribution is 2.28. The zero-order valence-electron chi connectivity index (χ0n) is 30.1. The Labute approximate surface area is 296 Å². The van der Waals surface area contributed by atoms with E-state index in [1.165, 1.54) is 32.6 Å². The molecule has 2 N–H and O–H groups in total. The van der Waals surface area contributed by atoms with Gasteiger partial charge in [-0.05, 0) is 60.4 Å². The van der Waals surface area contributed by atoms with Gasteiger partial charge in [-0.2, -0.15) is 0 Å². The number of hydrogen-bond acceptors (Lipinski definition) is 6. The van der Waals surface area contributed by atoms with Gasteiger partial charge in [-0.25, -0.2) is 9.97 Å². The van der Waals surface area contributed by atoms with Crippen molar-refractivity contribution in [3.05, 3.63) is 102 Å². The van der Waals surface area contributed by atoms with Crippen molar-refractivity contribution in [2.24, 2.45) is 5.92 Å². The summed E-state index contributed by atoms with van der Waals surface area (Å²) in [7, 11) is 0.